The van der Waals surface area contributed by atoms with Crippen LogP contribution in [0.1, 0.15) is 6.92 Å². The highest BCUT2D eigenvalue weighted by Crippen LogP contribution is 2.29. The highest BCUT2D eigenvalue weighted by atomic mass is 35.5. The predicted molar refractivity (Wildman–Crippen MR) is 90.8 cm³/mol. The van der Waals surface area contributed by atoms with Crippen LogP contribution >= 0.6 is 23.2 Å². The van der Waals surface area contributed by atoms with Gasteiger partial charge in [0.2, 0.25) is 0 Å². The summed E-state index contributed by atoms with van der Waals surface area (Å²) < 4.78 is 0. The Morgan fingerprint density at radius 1 is 1.19 bits per heavy atom. The highest BCUT2D eigenvalue weighted by Gasteiger charge is 2.22. The van der Waals surface area contributed by atoms with E-state index in [0.29, 0.717) is 27.7 Å². The van der Waals surface area contributed by atoms with E-state index in [-0.39, 0.29) is 0 Å². The number of aromatic nitrogens is 1. The monoisotopic (exact) mass is 331 g/mol. The van der Waals surface area contributed by atoms with Crippen molar-refractivity contribution < 1.29 is 0 Å². The molecule has 21 heavy (non-hydrogen) atoms. The van der Waals surface area contributed by atoms with Gasteiger partial charge in [-0.3, -0.25) is 4.90 Å². The van der Waals surface area contributed by atoms with E-state index >= 15 is 0 Å². The summed E-state index contributed by atoms with van der Waals surface area (Å²) in [6, 6.07) is 2.17. The largest absolute Gasteiger partial charge is 0.369 e. The van der Waals surface area contributed by atoms with E-state index in [9.17, 15) is 0 Å². The summed E-state index contributed by atoms with van der Waals surface area (Å²) in [5, 5.41) is 7.58. The van der Waals surface area contributed by atoms with Crippen LogP contribution in [-0.2, 0) is 0 Å². The zero-order chi connectivity index (χ0) is 15.4. The van der Waals surface area contributed by atoms with Crippen LogP contribution in [0.5, 0.6) is 0 Å². The molecule has 0 aliphatic carbocycles. The minimum atomic E-state index is 0.444. The van der Waals surface area contributed by atoms with E-state index in [0.717, 1.165) is 32.7 Å². The Morgan fingerprint density at radius 3 is 2.52 bits per heavy atom. The van der Waals surface area contributed by atoms with Gasteiger partial charge in [-0.25, -0.2) is 4.98 Å². The van der Waals surface area contributed by atoms with Crippen LogP contribution in [0.25, 0.3) is 0 Å². The molecule has 1 aromatic rings. The summed E-state index contributed by atoms with van der Waals surface area (Å²) in [6.07, 6.45) is 0. The number of piperazine rings is 1. The van der Waals surface area contributed by atoms with Gasteiger partial charge in [0, 0.05) is 38.8 Å². The molecule has 2 N–H and O–H groups in total. The summed E-state index contributed by atoms with van der Waals surface area (Å²) in [4.78, 5) is 9.18. The number of halogens is 2. The molecule has 0 amide bonds. The second-order valence-corrected chi connectivity index (χ2v) is 6.27. The van der Waals surface area contributed by atoms with Crippen molar-refractivity contribution in [2.75, 3.05) is 57.5 Å². The number of pyridine rings is 1. The van der Waals surface area contributed by atoms with Gasteiger partial charge in [0.15, 0.2) is 0 Å². The minimum absolute atomic E-state index is 0.444. The third kappa shape index (κ3) is 4.36. The molecule has 1 aliphatic heterocycles. The van der Waals surface area contributed by atoms with E-state index < -0.39 is 0 Å². The maximum atomic E-state index is 6.22. The van der Waals surface area contributed by atoms with Crippen molar-refractivity contribution in [3.63, 3.8) is 0 Å². The molecule has 7 heteroatoms. The van der Waals surface area contributed by atoms with Crippen molar-refractivity contribution in [2.45, 2.75) is 13.0 Å². The number of nitrogens with zero attached hydrogens (tertiary/aromatic N) is 3. The van der Waals surface area contributed by atoms with Crippen molar-refractivity contribution in [3.05, 3.63) is 16.1 Å². The average molecular weight is 332 g/mol. The van der Waals surface area contributed by atoms with Crippen LogP contribution in [0.15, 0.2) is 6.07 Å². The molecule has 0 radical (unpaired) electrons. The summed E-state index contributed by atoms with van der Waals surface area (Å²) in [5.74, 6) is 1.35. The smallest absolute Gasteiger partial charge is 0.147 e. The fraction of sp³-hybridized carbons (Fsp3) is 0.643. The molecular formula is C14H23Cl2N5. The summed E-state index contributed by atoms with van der Waals surface area (Å²) in [5.41, 5.74) is 0. The van der Waals surface area contributed by atoms with Crippen molar-refractivity contribution in [1.29, 1.82) is 0 Å². The number of nitrogens with one attached hydrogen (secondary N) is 2. The first-order valence-electron chi connectivity index (χ1n) is 7.23. The fourth-order valence-corrected chi connectivity index (χ4v) is 2.91. The van der Waals surface area contributed by atoms with Crippen LogP contribution < -0.4 is 10.6 Å². The molecule has 1 atom stereocenters. The van der Waals surface area contributed by atoms with Gasteiger partial charge in [0.05, 0.1) is 10.0 Å². The number of hydrogen-bond donors (Lipinski definition) is 2. The van der Waals surface area contributed by atoms with E-state index in [1.54, 1.807) is 6.07 Å². The molecule has 1 aliphatic rings. The first-order chi connectivity index (χ1) is 10.0. The van der Waals surface area contributed by atoms with Gasteiger partial charge in [0.1, 0.15) is 11.6 Å². The summed E-state index contributed by atoms with van der Waals surface area (Å²) in [6.45, 7) is 6.80. The molecule has 118 valence electrons. The Balaban J connectivity index is 2.03. The van der Waals surface area contributed by atoms with Gasteiger partial charge in [-0.2, -0.15) is 0 Å². The van der Waals surface area contributed by atoms with Crippen LogP contribution in [0.3, 0.4) is 0 Å². The lowest BCUT2D eigenvalue weighted by molar-refractivity contribution is 0.122. The summed E-state index contributed by atoms with van der Waals surface area (Å²) in [7, 11) is 4.30. The third-order valence-corrected chi connectivity index (χ3v) is 4.34. The Bertz CT molecular complexity index is 483. The first-order valence-corrected chi connectivity index (χ1v) is 7.99. The number of hydrogen-bond acceptors (Lipinski definition) is 5. The van der Waals surface area contributed by atoms with E-state index in [2.05, 4.69) is 39.5 Å². The zero-order valence-corrected chi connectivity index (χ0v) is 14.3. The molecule has 1 saturated heterocycles. The topological polar surface area (TPSA) is 43.4 Å². The lowest BCUT2D eigenvalue weighted by atomic mass is 10.2. The quantitative estimate of drug-likeness (QED) is 0.867. The van der Waals surface area contributed by atoms with Gasteiger partial charge < -0.3 is 15.5 Å². The molecular weight excluding hydrogens is 309 g/mol. The second-order valence-electron chi connectivity index (χ2n) is 5.46. The van der Waals surface area contributed by atoms with Gasteiger partial charge in [-0.05, 0) is 27.1 Å². The molecule has 1 fully saturated rings. The molecule has 5 nitrogen and oxygen atoms in total. The van der Waals surface area contributed by atoms with Crippen LogP contribution in [0.2, 0.25) is 10.0 Å². The van der Waals surface area contributed by atoms with Gasteiger partial charge >= 0.3 is 0 Å². The lowest BCUT2D eigenvalue weighted by Crippen LogP contribution is -2.52. The first kappa shape index (κ1) is 16.6. The molecule has 2 rings (SSSR count). The Morgan fingerprint density at radius 2 is 1.86 bits per heavy atom. The maximum Gasteiger partial charge on any atom is 0.147 e. The Kier molecular flexibility index (Phi) is 5.93. The standard InChI is InChI=1S/C14H23Cl2N5/c1-4-17-13-11(15)7-12(16)14(19-13)18-8-10-9-20(2)5-6-21(10)3/h7,10H,4-6,8-9H2,1-3H3,(H2,17,18,19). The normalized spacial score (nSPS) is 20.5. The maximum absolute atomic E-state index is 6.22. The zero-order valence-electron chi connectivity index (χ0n) is 12.8. The molecule has 0 aromatic carbocycles. The third-order valence-electron chi connectivity index (χ3n) is 3.76. The van der Waals surface area contributed by atoms with Gasteiger partial charge in [-0.1, -0.05) is 23.2 Å². The van der Waals surface area contributed by atoms with Crippen molar-refractivity contribution in [3.8, 4) is 0 Å². The minimum Gasteiger partial charge on any atom is -0.369 e. The summed E-state index contributed by atoms with van der Waals surface area (Å²) >= 11 is 12.3. The SMILES string of the molecule is CCNc1nc(NCC2CN(C)CCN2C)c(Cl)cc1Cl. The fourth-order valence-electron chi connectivity index (χ4n) is 2.42. The van der Waals surface area contributed by atoms with Gasteiger partial charge in [0.25, 0.3) is 0 Å². The Hall–Kier alpha value is -0.750. The van der Waals surface area contributed by atoms with E-state index in [1.165, 1.54) is 0 Å². The van der Waals surface area contributed by atoms with Crippen LogP contribution in [-0.4, -0.2) is 67.6 Å². The molecule has 1 aromatic heterocycles. The molecule has 0 bridgehead atoms. The predicted octanol–water partition coefficient (Wildman–Crippen LogP) is 2.48. The van der Waals surface area contributed by atoms with Crippen LogP contribution in [0, 0.1) is 0 Å². The highest BCUT2D eigenvalue weighted by molar-refractivity contribution is 6.37. The second kappa shape index (κ2) is 7.49. The molecule has 2 heterocycles. The van der Waals surface area contributed by atoms with E-state index in [1.807, 2.05) is 6.92 Å². The van der Waals surface area contributed by atoms with Crippen LogP contribution in [0.4, 0.5) is 11.6 Å². The number of rotatable bonds is 5. The number of likely N-dealkylation sites (N-methyl/N-ethyl adjacent to an activating group) is 2. The van der Waals surface area contributed by atoms with Crippen molar-refractivity contribution in [2.24, 2.45) is 0 Å². The number of anilines is 2. The van der Waals surface area contributed by atoms with Gasteiger partial charge in [-0.15, -0.1) is 0 Å². The molecule has 0 saturated carbocycles. The lowest BCUT2D eigenvalue weighted by Gasteiger charge is -2.37. The molecule has 1 unspecified atom stereocenters. The van der Waals surface area contributed by atoms with Crippen molar-refractivity contribution in [1.82, 2.24) is 14.8 Å². The van der Waals surface area contributed by atoms with Crippen molar-refractivity contribution >= 4 is 34.8 Å². The molecule has 0 spiro atoms. The average Bonchev–Trinajstić information content (AvgIpc) is 2.44. The van der Waals surface area contributed by atoms with E-state index in [4.69, 9.17) is 23.2 Å². The Labute approximate surface area is 136 Å².